The van der Waals surface area contributed by atoms with E-state index in [4.69, 9.17) is 4.98 Å². The van der Waals surface area contributed by atoms with E-state index in [0.717, 1.165) is 38.4 Å². The molecular weight excluding hydrogens is 272 g/mol. The van der Waals surface area contributed by atoms with E-state index in [-0.39, 0.29) is 0 Å². The smallest absolute Gasteiger partial charge is 0.146 e. The first kappa shape index (κ1) is 11.6. The molecule has 0 amide bonds. The van der Waals surface area contributed by atoms with Crippen molar-refractivity contribution in [3.05, 3.63) is 66.7 Å². The van der Waals surface area contributed by atoms with Crippen LogP contribution in [0.4, 0.5) is 0 Å². The number of phenols is 1. The van der Waals surface area contributed by atoms with Gasteiger partial charge in [-0.05, 0) is 29.7 Å². The second-order valence-electron chi connectivity index (χ2n) is 5.48. The van der Waals surface area contributed by atoms with E-state index in [0.29, 0.717) is 5.75 Å². The lowest BCUT2D eigenvalue weighted by Gasteiger charge is -2.09. The van der Waals surface area contributed by atoms with Crippen molar-refractivity contribution < 1.29 is 5.11 Å². The quantitative estimate of drug-likeness (QED) is 0.425. The molecule has 3 nitrogen and oxygen atoms in total. The minimum absolute atomic E-state index is 0.299. The summed E-state index contributed by atoms with van der Waals surface area (Å²) in [5.41, 5.74) is 3.92. The Kier molecular flexibility index (Phi) is 2.09. The Morgan fingerprint density at radius 3 is 2.36 bits per heavy atom. The zero-order valence-electron chi connectivity index (χ0n) is 11.7. The van der Waals surface area contributed by atoms with Crippen LogP contribution in [-0.4, -0.2) is 14.5 Å². The summed E-state index contributed by atoms with van der Waals surface area (Å²) in [5, 5.41) is 13.3. The van der Waals surface area contributed by atoms with Crippen LogP contribution in [0, 0.1) is 0 Å². The van der Waals surface area contributed by atoms with Crippen LogP contribution < -0.4 is 0 Å². The lowest BCUT2D eigenvalue weighted by Crippen LogP contribution is -1.91. The molecule has 5 aromatic rings. The van der Waals surface area contributed by atoms with Crippen LogP contribution in [0.1, 0.15) is 0 Å². The second-order valence-corrected chi connectivity index (χ2v) is 5.48. The van der Waals surface area contributed by atoms with Gasteiger partial charge in [-0.3, -0.25) is 4.40 Å². The minimum atomic E-state index is 0.299. The van der Waals surface area contributed by atoms with E-state index < -0.39 is 0 Å². The van der Waals surface area contributed by atoms with Crippen molar-refractivity contribution in [1.29, 1.82) is 0 Å². The molecular formula is C19H12N2O. The molecule has 1 N–H and O–H groups in total. The fourth-order valence-corrected chi connectivity index (χ4v) is 3.34. The monoisotopic (exact) mass is 284 g/mol. The van der Waals surface area contributed by atoms with Crippen molar-refractivity contribution in [2.24, 2.45) is 0 Å². The number of phenolic OH excluding ortho intramolecular Hbond substituents is 1. The number of imidazole rings is 1. The molecule has 0 saturated carbocycles. The number of aromatic nitrogens is 2. The van der Waals surface area contributed by atoms with Gasteiger partial charge in [-0.1, -0.05) is 42.5 Å². The first-order chi connectivity index (χ1) is 10.8. The summed E-state index contributed by atoms with van der Waals surface area (Å²) >= 11 is 0. The summed E-state index contributed by atoms with van der Waals surface area (Å²) in [6.07, 6.45) is 0. The molecule has 104 valence electrons. The summed E-state index contributed by atoms with van der Waals surface area (Å²) < 4.78 is 2.13. The van der Waals surface area contributed by atoms with Gasteiger partial charge >= 0.3 is 0 Å². The number of fused-ring (bicyclic) bond motifs is 8. The Morgan fingerprint density at radius 2 is 1.45 bits per heavy atom. The third-order valence-corrected chi connectivity index (χ3v) is 4.26. The summed E-state index contributed by atoms with van der Waals surface area (Å²) in [7, 11) is 0. The molecule has 0 fully saturated rings. The Labute approximate surface area is 126 Å². The van der Waals surface area contributed by atoms with Crippen molar-refractivity contribution >= 4 is 38.4 Å². The fraction of sp³-hybridized carbons (Fsp3) is 0. The van der Waals surface area contributed by atoms with Crippen LogP contribution >= 0.6 is 0 Å². The van der Waals surface area contributed by atoms with Gasteiger partial charge in [-0.2, -0.15) is 0 Å². The minimum Gasteiger partial charge on any atom is -0.507 e. The highest BCUT2D eigenvalue weighted by Crippen LogP contribution is 2.36. The molecule has 3 aromatic carbocycles. The molecule has 0 unspecified atom stereocenters. The Balaban J connectivity index is 2.26. The van der Waals surface area contributed by atoms with Gasteiger partial charge in [0.05, 0.1) is 16.6 Å². The molecule has 0 aliphatic rings. The molecule has 2 aromatic heterocycles. The largest absolute Gasteiger partial charge is 0.507 e. The molecule has 0 bridgehead atoms. The Bertz CT molecular complexity index is 1190. The maximum Gasteiger partial charge on any atom is 0.146 e. The van der Waals surface area contributed by atoms with Gasteiger partial charge in [0.1, 0.15) is 11.4 Å². The highest BCUT2D eigenvalue weighted by Gasteiger charge is 2.14. The van der Waals surface area contributed by atoms with Gasteiger partial charge in [0.25, 0.3) is 0 Å². The summed E-state index contributed by atoms with van der Waals surface area (Å²) in [4.78, 5) is 4.80. The van der Waals surface area contributed by atoms with Crippen LogP contribution in [-0.2, 0) is 0 Å². The number of benzene rings is 3. The highest BCUT2D eigenvalue weighted by atomic mass is 16.3. The molecule has 0 saturated heterocycles. The van der Waals surface area contributed by atoms with E-state index >= 15 is 0 Å². The topological polar surface area (TPSA) is 37.5 Å². The van der Waals surface area contributed by atoms with E-state index in [1.54, 1.807) is 6.07 Å². The molecule has 0 radical (unpaired) electrons. The van der Waals surface area contributed by atoms with Crippen molar-refractivity contribution in [2.75, 3.05) is 0 Å². The summed E-state index contributed by atoms with van der Waals surface area (Å²) in [6, 6.07) is 21.8. The van der Waals surface area contributed by atoms with Gasteiger partial charge in [0, 0.05) is 10.8 Å². The summed E-state index contributed by atoms with van der Waals surface area (Å²) in [6.45, 7) is 0. The zero-order chi connectivity index (χ0) is 14.7. The molecule has 0 aliphatic heterocycles. The van der Waals surface area contributed by atoms with Gasteiger partial charge in [0.2, 0.25) is 0 Å². The van der Waals surface area contributed by atoms with E-state index in [1.165, 1.54) is 0 Å². The normalized spacial score (nSPS) is 11.8. The predicted molar refractivity (Wildman–Crippen MR) is 89.4 cm³/mol. The molecule has 0 aliphatic carbocycles. The van der Waals surface area contributed by atoms with Crippen molar-refractivity contribution in [3.8, 4) is 5.75 Å². The van der Waals surface area contributed by atoms with Crippen LogP contribution in [0.3, 0.4) is 0 Å². The number of hydrogen-bond donors (Lipinski definition) is 1. The Hall–Kier alpha value is -3.07. The molecule has 0 atom stereocenters. The average Bonchev–Trinajstić information content (AvgIpc) is 2.95. The summed E-state index contributed by atoms with van der Waals surface area (Å²) in [5.74, 6) is 0.299. The van der Waals surface area contributed by atoms with Gasteiger partial charge in [-0.25, -0.2) is 4.98 Å². The van der Waals surface area contributed by atoms with Crippen molar-refractivity contribution in [3.63, 3.8) is 0 Å². The average molecular weight is 284 g/mol. The molecule has 2 heterocycles. The SMILES string of the molecule is Oc1cccc2c1c1ccccc1c1nc3ccccc3n21. The standard InChI is InChI=1S/C19H12N2O/c22-17-11-5-10-16-18(17)12-6-1-2-7-13(12)19-20-14-8-3-4-9-15(14)21(16)19/h1-11,22H. The van der Waals surface area contributed by atoms with E-state index in [1.807, 2.05) is 48.5 Å². The third-order valence-electron chi connectivity index (χ3n) is 4.26. The number of rotatable bonds is 0. The van der Waals surface area contributed by atoms with Crippen molar-refractivity contribution in [1.82, 2.24) is 9.38 Å². The van der Waals surface area contributed by atoms with Crippen LogP contribution in [0.15, 0.2) is 66.7 Å². The van der Waals surface area contributed by atoms with Crippen LogP contribution in [0.25, 0.3) is 38.4 Å². The molecule has 0 spiro atoms. The van der Waals surface area contributed by atoms with Crippen molar-refractivity contribution in [2.45, 2.75) is 0 Å². The number of hydrogen-bond acceptors (Lipinski definition) is 2. The maximum atomic E-state index is 10.4. The number of aromatic hydroxyl groups is 1. The first-order valence-electron chi connectivity index (χ1n) is 7.24. The maximum absolute atomic E-state index is 10.4. The van der Waals surface area contributed by atoms with Gasteiger partial charge in [-0.15, -0.1) is 0 Å². The van der Waals surface area contributed by atoms with Gasteiger partial charge in [0.15, 0.2) is 0 Å². The highest BCUT2D eigenvalue weighted by molar-refractivity contribution is 6.15. The van der Waals surface area contributed by atoms with E-state index in [9.17, 15) is 5.11 Å². The molecule has 3 heteroatoms. The second kappa shape index (κ2) is 3.98. The van der Waals surface area contributed by atoms with Crippen LogP contribution in [0.5, 0.6) is 5.75 Å². The van der Waals surface area contributed by atoms with E-state index in [2.05, 4.69) is 16.5 Å². The first-order valence-corrected chi connectivity index (χ1v) is 7.24. The fourth-order valence-electron chi connectivity index (χ4n) is 3.34. The molecule has 5 rings (SSSR count). The lowest BCUT2D eigenvalue weighted by molar-refractivity contribution is 0.482. The number of para-hydroxylation sites is 2. The van der Waals surface area contributed by atoms with Crippen LogP contribution in [0.2, 0.25) is 0 Å². The third kappa shape index (κ3) is 1.33. The predicted octanol–water partition coefficient (Wildman–Crippen LogP) is 4.50. The Morgan fingerprint density at radius 1 is 0.727 bits per heavy atom. The van der Waals surface area contributed by atoms with Gasteiger partial charge < -0.3 is 5.11 Å². The lowest BCUT2D eigenvalue weighted by atomic mass is 10.1. The number of pyridine rings is 1. The number of nitrogens with zero attached hydrogens (tertiary/aromatic N) is 2. The molecule has 22 heavy (non-hydrogen) atoms. The zero-order valence-corrected chi connectivity index (χ0v) is 11.7.